The SMILES string of the molecule is O=C1CN(Cc2ccccc2)C(=O)CC1C(=O)OCc1ccccc1. The molecule has 0 saturated carbocycles. The monoisotopic (exact) mass is 337 g/mol. The van der Waals surface area contributed by atoms with Crippen LogP contribution in [0.4, 0.5) is 0 Å². The van der Waals surface area contributed by atoms with E-state index in [1.807, 2.05) is 60.7 Å². The lowest BCUT2D eigenvalue weighted by atomic mass is 9.94. The third kappa shape index (κ3) is 4.32. The zero-order valence-electron chi connectivity index (χ0n) is 13.8. The van der Waals surface area contributed by atoms with Crippen molar-refractivity contribution in [2.24, 2.45) is 5.92 Å². The second kappa shape index (κ2) is 7.75. The van der Waals surface area contributed by atoms with Crippen LogP contribution >= 0.6 is 0 Å². The molecule has 3 rings (SSSR count). The van der Waals surface area contributed by atoms with Gasteiger partial charge in [0.25, 0.3) is 0 Å². The Balaban J connectivity index is 1.57. The predicted molar refractivity (Wildman–Crippen MR) is 91.2 cm³/mol. The number of ketones is 1. The van der Waals surface area contributed by atoms with Crippen molar-refractivity contribution in [3.8, 4) is 0 Å². The van der Waals surface area contributed by atoms with Crippen LogP contribution in [0.5, 0.6) is 0 Å². The van der Waals surface area contributed by atoms with E-state index in [1.54, 1.807) is 0 Å². The Labute approximate surface area is 146 Å². The number of carbonyl (C=O) groups is 3. The molecule has 1 aliphatic rings. The van der Waals surface area contributed by atoms with E-state index in [4.69, 9.17) is 4.74 Å². The Morgan fingerprint density at radius 1 is 0.960 bits per heavy atom. The molecule has 0 aliphatic carbocycles. The van der Waals surface area contributed by atoms with E-state index >= 15 is 0 Å². The van der Waals surface area contributed by atoms with Gasteiger partial charge in [-0.1, -0.05) is 60.7 Å². The average molecular weight is 337 g/mol. The Morgan fingerprint density at radius 3 is 2.20 bits per heavy atom. The number of nitrogens with zero attached hydrogens (tertiary/aromatic N) is 1. The lowest BCUT2D eigenvalue weighted by Gasteiger charge is -2.29. The van der Waals surface area contributed by atoms with Gasteiger partial charge in [-0.15, -0.1) is 0 Å². The summed E-state index contributed by atoms with van der Waals surface area (Å²) in [5.41, 5.74) is 1.80. The average Bonchev–Trinajstić information content (AvgIpc) is 2.64. The number of piperidine rings is 1. The quantitative estimate of drug-likeness (QED) is 0.621. The number of rotatable bonds is 5. The summed E-state index contributed by atoms with van der Waals surface area (Å²) in [5.74, 6) is -2.09. The normalized spacial score (nSPS) is 17.4. The van der Waals surface area contributed by atoms with Crippen LogP contribution in [0, 0.1) is 5.92 Å². The zero-order chi connectivity index (χ0) is 17.6. The maximum Gasteiger partial charge on any atom is 0.317 e. The highest BCUT2D eigenvalue weighted by molar-refractivity contribution is 6.06. The molecule has 2 aromatic carbocycles. The fourth-order valence-corrected chi connectivity index (χ4v) is 2.80. The number of likely N-dealkylation sites (tertiary alicyclic amines) is 1. The van der Waals surface area contributed by atoms with Crippen LogP contribution in [0.15, 0.2) is 60.7 Å². The third-order valence-electron chi connectivity index (χ3n) is 4.19. The van der Waals surface area contributed by atoms with E-state index in [0.717, 1.165) is 11.1 Å². The largest absolute Gasteiger partial charge is 0.460 e. The first kappa shape index (κ1) is 16.9. The van der Waals surface area contributed by atoms with Crippen molar-refractivity contribution in [1.82, 2.24) is 4.90 Å². The second-order valence-corrected chi connectivity index (χ2v) is 6.05. The molecule has 5 heteroatoms. The molecule has 1 heterocycles. The van der Waals surface area contributed by atoms with Crippen molar-refractivity contribution in [2.75, 3.05) is 6.54 Å². The summed E-state index contributed by atoms with van der Waals surface area (Å²) in [6.07, 6.45) is -0.126. The molecule has 0 N–H and O–H groups in total. The summed E-state index contributed by atoms with van der Waals surface area (Å²) in [4.78, 5) is 38.3. The number of Topliss-reactive ketones (excluding diaryl/α,β-unsaturated/α-hetero) is 1. The molecule has 0 radical (unpaired) electrons. The first-order chi connectivity index (χ1) is 12.1. The van der Waals surface area contributed by atoms with Crippen LogP contribution in [0.25, 0.3) is 0 Å². The summed E-state index contributed by atoms with van der Waals surface area (Å²) in [5, 5.41) is 0. The minimum atomic E-state index is -0.997. The van der Waals surface area contributed by atoms with E-state index in [0.29, 0.717) is 6.54 Å². The molecule has 0 bridgehead atoms. The lowest BCUT2D eigenvalue weighted by Crippen LogP contribution is -2.47. The first-order valence-corrected chi connectivity index (χ1v) is 8.18. The van der Waals surface area contributed by atoms with Crippen LogP contribution in [0.3, 0.4) is 0 Å². The van der Waals surface area contributed by atoms with Gasteiger partial charge < -0.3 is 9.64 Å². The predicted octanol–water partition coefficient (Wildman–Crippen LogP) is 2.35. The molecule has 1 fully saturated rings. The number of hydrogen-bond acceptors (Lipinski definition) is 4. The van der Waals surface area contributed by atoms with Crippen molar-refractivity contribution in [2.45, 2.75) is 19.6 Å². The summed E-state index contributed by atoms with van der Waals surface area (Å²) in [7, 11) is 0. The van der Waals surface area contributed by atoms with Gasteiger partial charge in [0.1, 0.15) is 12.5 Å². The van der Waals surface area contributed by atoms with Gasteiger partial charge >= 0.3 is 5.97 Å². The highest BCUT2D eigenvalue weighted by Crippen LogP contribution is 2.19. The van der Waals surface area contributed by atoms with E-state index in [9.17, 15) is 14.4 Å². The van der Waals surface area contributed by atoms with Crippen molar-refractivity contribution in [3.63, 3.8) is 0 Å². The Morgan fingerprint density at radius 2 is 1.56 bits per heavy atom. The van der Waals surface area contributed by atoms with Crippen LogP contribution in [-0.2, 0) is 32.3 Å². The van der Waals surface area contributed by atoms with Crippen LogP contribution in [0.2, 0.25) is 0 Å². The lowest BCUT2D eigenvalue weighted by molar-refractivity contribution is -0.160. The van der Waals surface area contributed by atoms with E-state index in [-0.39, 0.29) is 31.3 Å². The first-order valence-electron chi connectivity index (χ1n) is 8.18. The molecular weight excluding hydrogens is 318 g/mol. The molecule has 1 amide bonds. The molecule has 25 heavy (non-hydrogen) atoms. The Kier molecular flexibility index (Phi) is 5.23. The van der Waals surface area contributed by atoms with Gasteiger partial charge in [-0.05, 0) is 11.1 Å². The van der Waals surface area contributed by atoms with Gasteiger partial charge in [0.05, 0.1) is 6.54 Å². The van der Waals surface area contributed by atoms with Gasteiger partial charge in [-0.3, -0.25) is 14.4 Å². The molecule has 2 aromatic rings. The smallest absolute Gasteiger partial charge is 0.317 e. The summed E-state index contributed by atoms with van der Waals surface area (Å²) in [6.45, 7) is 0.418. The maximum absolute atomic E-state index is 12.3. The number of ether oxygens (including phenoxy) is 1. The van der Waals surface area contributed by atoms with E-state index in [2.05, 4.69) is 0 Å². The Hall–Kier alpha value is -2.95. The van der Waals surface area contributed by atoms with Gasteiger partial charge in [0.15, 0.2) is 5.78 Å². The highest BCUT2D eigenvalue weighted by atomic mass is 16.5. The molecule has 5 nitrogen and oxygen atoms in total. The van der Waals surface area contributed by atoms with Gasteiger partial charge in [0.2, 0.25) is 5.91 Å². The number of amides is 1. The van der Waals surface area contributed by atoms with Gasteiger partial charge in [-0.25, -0.2) is 0 Å². The van der Waals surface area contributed by atoms with Crippen LogP contribution in [0.1, 0.15) is 17.5 Å². The number of carbonyl (C=O) groups excluding carboxylic acids is 3. The second-order valence-electron chi connectivity index (χ2n) is 6.05. The van der Waals surface area contributed by atoms with E-state index < -0.39 is 11.9 Å². The minimum absolute atomic E-state index is 0.0567. The molecule has 1 aliphatic heterocycles. The minimum Gasteiger partial charge on any atom is -0.460 e. The third-order valence-corrected chi connectivity index (χ3v) is 4.19. The van der Waals surface area contributed by atoms with Crippen molar-refractivity contribution in [3.05, 3.63) is 71.8 Å². The van der Waals surface area contributed by atoms with Crippen molar-refractivity contribution >= 4 is 17.7 Å². The molecular formula is C20H19NO4. The number of hydrogen-bond donors (Lipinski definition) is 0. The fraction of sp³-hybridized carbons (Fsp3) is 0.250. The molecule has 1 saturated heterocycles. The van der Waals surface area contributed by atoms with Crippen molar-refractivity contribution in [1.29, 1.82) is 0 Å². The molecule has 1 unspecified atom stereocenters. The van der Waals surface area contributed by atoms with Crippen molar-refractivity contribution < 1.29 is 19.1 Å². The van der Waals surface area contributed by atoms with Crippen LogP contribution < -0.4 is 0 Å². The Bertz CT molecular complexity index is 758. The maximum atomic E-state index is 12.3. The summed E-state index contributed by atoms with van der Waals surface area (Å²) in [6, 6.07) is 18.7. The van der Waals surface area contributed by atoms with Crippen LogP contribution in [-0.4, -0.2) is 29.1 Å². The van der Waals surface area contributed by atoms with Gasteiger partial charge in [-0.2, -0.15) is 0 Å². The summed E-state index contributed by atoms with van der Waals surface area (Å²) >= 11 is 0. The number of benzene rings is 2. The molecule has 0 aromatic heterocycles. The molecule has 128 valence electrons. The summed E-state index contributed by atoms with van der Waals surface area (Å²) < 4.78 is 5.21. The topological polar surface area (TPSA) is 63.7 Å². The molecule has 0 spiro atoms. The van der Waals surface area contributed by atoms with E-state index in [1.165, 1.54) is 4.90 Å². The number of esters is 1. The zero-order valence-corrected chi connectivity index (χ0v) is 13.8. The standard InChI is InChI=1S/C20H19NO4/c22-18-13-21(12-15-7-3-1-4-8-15)19(23)11-17(18)20(24)25-14-16-9-5-2-6-10-16/h1-10,17H,11-14H2. The van der Waals surface area contributed by atoms with Gasteiger partial charge in [0, 0.05) is 13.0 Å². The highest BCUT2D eigenvalue weighted by Gasteiger charge is 2.38. The molecule has 1 atom stereocenters. The fourth-order valence-electron chi connectivity index (χ4n) is 2.80.